The summed E-state index contributed by atoms with van der Waals surface area (Å²) in [5, 5.41) is 0. The van der Waals surface area contributed by atoms with E-state index >= 15 is 0 Å². The molecule has 32 heavy (non-hydrogen) atoms. The number of unbranched alkanes of at least 4 members (excludes halogenated alkanes) is 1. The highest BCUT2D eigenvalue weighted by Crippen LogP contribution is 2.26. The van der Waals surface area contributed by atoms with E-state index in [1.807, 2.05) is 18.7 Å². The maximum atomic E-state index is 12.0. The molecule has 0 aliphatic carbocycles. The Kier molecular flexibility index (Phi) is 8.44. The first-order chi connectivity index (χ1) is 15.1. The molecule has 3 rings (SSSR count). The fourth-order valence-electron chi connectivity index (χ4n) is 4.63. The Hall–Kier alpha value is -1.80. The molecular weight excluding hydrogens is 426 g/mol. The molecule has 0 N–H and O–H groups in total. The summed E-state index contributed by atoms with van der Waals surface area (Å²) >= 11 is 0. The zero-order valence-electron chi connectivity index (χ0n) is 20.0. The van der Waals surface area contributed by atoms with E-state index < -0.39 is 10.0 Å². The quantitative estimate of drug-likeness (QED) is 0.545. The molecule has 0 spiro atoms. The summed E-state index contributed by atoms with van der Waals surface area (Å²) < 4.78 is 30.5. The van der Waals surface area contributed by atoms with Crippen molar-refractivity contribution < 1.29 is 17.9 Å². The molecule has 0 unspecified atom stereocenters. The van der Waals surface area contributed by atoms with Crippen LogP contribution in [0, 0.1) is 5.92 Å². The first kappa shape index (κ1) is 24.8. The minimum absolute atomic E-state index is 0.0606. The minimum Gasteiger partial charge on any atom is -0.447 e. The molecule has 0 radical (unpaired) electrons. The minimum atomic E-state index is -3.13. The van der Waals surface area contributed by atoms with Gasteiger partial charge in [0.25, 0.3) is 0 Å². The number of sulfonamides is 1. The van der Waals surface area contributed by atoms with E-state index in [9.17, 15) is 13.2 Å². The fourth-order valence-corrected chi connectivity index (χ4v) is 5.42. The molecule has 8 heteroatoms. The van der Waals surface area contributed by atoms with Crippen molar-refractivity contribution in [3.8, 4) is 0 Å². The van der Waals surface area contributed by atoms with Crippen molar-refractivity contribution in [2.24, 2.45) is 5.92 Å². The van der Waals surface area contributed by atoms with Gasteiger partial charge in [-0.05, 0) is 68.7 Å². The van der Waals surface area contributed by atoms with Gasteiger partial charge in [-0.1, -0.05) is 18.9 Å². The summed E-state index contributed by atoms with van der Waals surface area (Å²) in [5.74, 6) is 0.699. The average molecular weight is 466 g/mol. The molecular formula is C24H39N3O4S. The van der Waals surface area contributed by atoms with Crippen LogP contribution < -0.4 is 4.90 Å². The van der Waals surface area contributed by atoms with E-state index in [2.05, 4.69) is 30.1 Å². The summed E-state index contributed by atoms with van der Waals surface area (Å²) in [7, 11) is -1.00. The molecule has 0 saturated carbocycles. The van der Waals surface area contributed by atoms with Gasteiger partial charge in [-0.3, -0.25) is 0 Å². The second-order valence-electron chi connectivity index (χ2n) is 9.58. The van der Waals surface area contributed by atoms with E-state index in [1.54, 1.807) is 4.31 Å². The van der Waals surface area contributed by atoms with Crippen LogP contribution in [0.5, 0.6) is 0 Å². The Labute approximate surface area is 193 Å². The standard InChI is InChI=1S/C24H39N3O4S/c1-19(2)31-24(28)26-14-10-20(11-15-26)7-5-6-13-25(3)23-9-8-22-18-27(32(4,29)30)16-12-21(22)17-23/h8-9,17,19-20H,5-7,10-16,18H2,1-4H3. The number of rotatable bonds is 8. The third-order valence-electron chi connectivity index (χ3n) is 6.64. The van der Waals surface area contributed by atoms with Gasteiger partial charge in [0.1, 0.15) is 0 Å². The number of nitrogens with zero attached hydrogens (tertiary/aromatic N) is 3. The zero-order valence-corrected chi connectivity index (χ0v) is 20.9. The van der Waals surface area contributed by atoms with Crippen LogP contribution in [-0.4, -0.2) is 69.3 Å². The Morgan fingerprint density at radius 3 is 2.53 bits per heavy atom. The molecule has 1 aromatic rings. The Morgan fingerprint density at radius 2 is 1.88 bits per heavy atom. The summed E-state index contributed by atoms with van der Waals surface area (Å²) in [5.41, 5.74) is 3.58. The smallest absolute Gasteiger partial charge is 0.410 e. The van der Waals surface area contributed by atoms with Gasteiger partial charge in [-0.25, -0.2) is 13.2 Å². The summed E-state index contributed by atoms with van der Waals surface area (Å²) in [6.07, 6.45) is 7.51. The van der Waals surface area contributed by atoms with Crippen molar-refractivity contribution in [3.05, 3.63) is 29.3 Å². The Balaban J connectivity index is 1.38. The zero-order chi connectivity index (χ0) is 23.3. The van der Waals surface area contributed by atoms with Crippen molar-refractivity contribution in [1.82, 2.24) is 9.21 Å². The molecule has 1 fully saturated rings. The number of anilines is 1. The first-order valence-corrected chi connectivity index (χ1v) is 13.7. The predicted molar refractivity (Wildman–Crippen MR) is 128 cm³/mol. The van der Waals surface area contributed by atoms with Crippen LogP contribution >= 0.6 is 0 Å². The molecule has 2 aliphatic heterocycles. The lowest BCUT2D eigenvalue weighted by molar-refractivity contribution is 0.0646. The van der Waals surface area contributed by atoms with Crippen LogP contribution in [0.2, 0.25) is 0 Å². The third kappa shape index (κ3) is 6.85. The molecule has 1 amide bonds. The number of likely N-dealkylation sites (tertiary alicyclic amines) is 1. The molecule has 180 valence electrons. The van der Waals surface area contributed by atoms with Crippen molar-refractivity contribution in [3.63, 3.8) is 0 Å². The average Bonchev–Trinajstić information content (AvgIpc) is 2.75. The van der Waals surface area contributed by atoms with Gasteiger partial charge >= 0.3 is 6.09 Å². The molecule has 0 aromatic heterocycles. The number of carbonyl (C=O) groups excluding carboxylic acids is 1. The second-order valence-corrected chi connectivity index (χ2v) is 11.6. The Morgan fingerprint density at radius 1 is 1.16 bits per heavy atom. The number of piperidine rings is 1. The van der Waals surface area contributed by atoms with Crippen LogP contribution in [-0.2, 0) is 27.7 Å². The molecule has 2 heterocycles. The van der Waals surface area contributed by atoms with Gasteiger partial charge in [0.15, 0.2) is 0 Å². The SMILES string of the molecule is CC(C)OC(=O)N1CCC(CCCCN(C)c2ccc3c(c2)CCN(S(C)(=O)=O)C3)CC1. The summed E-state index contributed by atoms with van der Waals surface area (Å²) in [4.78, 5) is 16.1. The lowest BCUT2D eigenvalue weighted by Gasteiger charge is -2.32. The predicted octanol–water partition coefficient (Wildman–Crippen LogP) is 3.87. The number of ether oxygens (including phenoxy) is 1. The lowest BCUT2D eigenvalue weighted by Crippen LogP contribution is -2.39. The van der Waals surface area contributed by atoms with Gasteiger partial charge in [0.05, 0.1) is 12.4 Å². The third-order valence-corrected chi connectivity index (χ3v) is 7.89. The molecule has 7 nitrogen and oxygen atoms in total. The molecule has 1 aromatic carbocycles. The highest BCUT2D eigenvalue weighted by molar-refractivity contribution is 7.88. The van der Waals surface area contributed by atoms with E-state index in [-0.39, 0.29) is 12.2 Å². The van der Waals surface area contributed by atoms with Crippen LogP contribution in [0.4, 0.5) is 10.5 Å². The number of carbonyl (C=O) groups is 1. The summed E-state index contributed by atoms with van der Waals surface area (Å²) in [6.45, 7) is 7.44. The monoisotopic (exact) mass is 465 g/mol. The van der Waals surface area contributed by atoms with Gasteiger partial charge in [-0.2, -0.15) is 4.31 Å². The number of hydrogen-bond acceptors (Lipinski definition) is 5. The number of amides is 1. The largest absolute Gasteiger partial charge is 0.447 e. The maximum Gasteiger partial charge on any atom is 0.410 e. The van der Waals surface area contributed by atoms with Crippen LogP contribution in [0.3, 0.4) is 0 Å². The lowest BCUT2D eigenvalue weighted by atomic mass is 9.91. The van der Waals surface area contributed by atoms with Crippen molar-refractivity contribution in [2.45, 2.75) is 65.0 Å². The van der Waals surface area contributed by atoms with Crippen LogP contribution in [0.15, 0.2) is 18.2 Å². The number of hydrogen-bond donors (Lipinski definition) is 0. The van der Waals surface area contributed by atoms with E-state index in [0.717, 1.165) is 50.9 Å². The van der Waals surface area contributed by atoms with Gasteiger partial charge in [0.2, 0.25) is 10.0 Å². The fraction of sp³-hybridized carbons (Fsp3) is 0.708. The molecule has 0 atom stereocenters. The molecule has 0 bridgehead atoms. The van der Waals surface area contributed by atoms with E-state index in [0.29, 0.717) is 19.0 Å². The number of benzene rings is 1. The first-order valence-electron chi connectivity index (χ1n) is 11.9. The van der Waals surface area contributed by atoms with Gasteiger partial charge in [0, 0.05) is 45.5 Å². The maximum absolute atomic E-state index is 12.0. The Bertz CT molecular complexity index is 879. The van der Waals surface area contributed by atoms with Crippen molar-refractivity contribution in [2.75, 3.05) is 44.4 Å². The molecule has 1 saturated heterocycles. The van der Waals surface area contributed by atoms with E-state index in [1.165, 1.54) is 30.3 Å². The second kappa shape index (κ2) is 10.9. The van der Waals surface area contributed by atoms with Crippen molar-refractivity contribution in [1.29, 1.82) is 0 Å². The highest BCUT2D eigenvalue weighted by Gasteiger charge is 2.25. The topological polar surface area (TPSA) is 70.2 Å². The van der Waals surface area contributed by atoms with E-state index in [4.69, 9.17) is 4.74 Å². The normalized spacial score (nSPS) is 18.0. The highest BCUT2D eigenvalue weighted by atomic mass is 32.2. The van der Waals surface area contributed by atoms with Crippen LogP contribution in [0.25, 0.3) is 0 Å². The summed E-state index contributed by atoms with van der Waals surface area (Å²) in [6, 6.07) is 6.41. The van der Waals surface area contributed by atoms with Gasteiger partial charge < -0.3 is 14.5 Å². The van der Waals surface area contributed by atoms with Crippen molar-refractivity contribution >= 4 is 21.8 Å². The molecule has 2 aliphatic rings. The van der Waals surface area contributed by atoms with Crippen LogP contribution in [0.1, 0.15) is 57.1 Å². The number of fused-ring (bicyclic) bond motifs is 1. The van der Waals surface area contributed by atoms with Gasteiger partial charge in [-0.15, -0.1) is 0 Å².